The number of rotatable bonds is 6. The molecular formula is C27H27N5O2. The van der Waals surface area contributed by atoms with Crippen molar-refractivity contribution < 1.29 is 9.53 Å². The average Bonchev–Trinajstić information content (AvgIpc) is 2.86. The monoisotopic (exact) mass is 453 g/mol. The molecule has 1 fully saturated rings. The number of aromatic nitrogens is 2. The molecule has 0 atom stereocenters. The number of fused-ring (bicyclic) bond motifs is 1. The first-order chi connectivity index (χ1) is 16.6. The Morgan fingerprint density at radius 1 is 0.941 bits per heavy atom. The number of amides is 1. The third kappa shape index (κ3) is 5.15. The standard InChI is InChI=1S/C27H27N5O2/c1-19-28-25(18-26(29-19)32-13-15-34-16-14-32)30-22-9-11-23(12-10-22)31-27(33)17-21-7-4-6-20-5-2-3-8-24(20)21/h2-12,18H,13-17H2,1H3,(H,31,33)(H,28,29,30). The van der Waals surface area contributed by atoms with E-state index in [2.05, 4.69) is 43.7 Å². The minimum absolute atomic E-state index is 0.0429. The molecule has 5 rings (SSSR count). The molecule has 7 heteroatoms. The minimum Gasteiger partial charge on any atom is -0.378 e. The summed E-state index contributed by atoms with van der Waals surface area (Å²) in [7, 11) is 0. The topological polar surface area (TPSA) is 79.4 Å². The van der Waals surface area contributed by atoms with Crippen LogP contribution < -0.4 is 15.5 Å². The van der Waals surface area contributed by atoms with Crippen molar-refractivity contribution in [3.8, 4) is 0 Å². The number of carbonyl (C=O) groups is 1. The predicted octanol–water partition coefficient (Wildman–Crippen LogP) is 4.70. The zero-order valence-electron chi connectivity index (χ0n) is 19.1. The van der Waals surface area contributed by atoms with Crippen LogP contribution in [0.15, 0.2) is 72.8 Å². The van der Waals surface area contributed by atoms with Gasteiger partial charge in [-0.3, -0.25) is 4.79 Å². The second-order valence-corrected chi connectivity index (χ2v) is 8.32. The maximum atomic E-state index is 12.7. The number of nitrogens with zero attached hydrogens (tertiary/aromatic N) is 3. The van der Waals surface area contributed by atoms with Crippen molar-refractivity contribution in [2.75, 3.05) is 41.8 Å². The van der Waals surface area contributed by atoms with E-state index in [0.29, 0.717) is 25.5 Å². The van der Waals surface area contributed by atoms with Gasteiger partial charge in [0.15, 0.2) is 0 Å². The third-order valence-corrected chi connectivity index (χ3v) is 5.83. The number of aryl methyl sites for hydroxylation is 1. The highest BCUT2D eigenvalue weighted by molar-refractivity contribution is 5.96. The van der Waals surface area contributed by atoms with Crippen molar-refractivity contribution >= 4 is 39.7 Å². The van der Waals surface area contributed by atoms with Crippen LogP contribution in [0.5, 0.6) is 0 Å². The van der Waals surface area contributed by atoms with E-state index in [4.69, 9.17) is 4.74 Å². The average molecular weight is 454 g/mol. The van der Waals surface area contributed by atoms with Crippen LogP contribution in [0.3, 0.4) is 0 Å². The van der Waals surface area contributed by atoms with Crippen molar-refractivity contribution in [1.29, 1.82) is 0 Å². The van der Waals surface area contributed by atoms with E-state index >= 15 is 0 Å². The molecule has 34 heavy (non-hydrogen) atoms. The molecule has 0 aliphatic carbocycles. The van der Waals surface area contributed by atoms with Gasteiger partial charge in [-0.25, -0.2) is 9.97 Å². The van der Waals surface area contributed by atoms with Crippen molar-refractivity contribution in [3.05, 3.63) is 84.2 Å². The smallest absolute Gasteiger partial charge is 0.228 e. The lowest BCUT2D eigenvalue weighted by Gasteiger charge is -2.28. The number of ether oxygens (including phenoxy) is 1. The molecule has 2 N–H and O–H groups in total. The van der Waals surface area contributed by atoms with Gasteiger partial charge < -0.3 is 20.3 Å². The predicted molar refractivity (Wildman–Crippen MR) is 136 cm³/mol. The van der Waals surface area contributed by atoms with Gasteiger partial charge in [0.1, 0.15) is 17.5 Å². The van der Waals surface area contributed by atoms with Crippen LogP contribution in [0.25, 0.3) is 10.8 Å². The normalized spacial score (nSPS) is 13.6. The first kappa shape index (κ1) is 21.9. The van der Waals surface area contributed by atoms with Gasteiger partial charge in [0.05, 0.1) is 19.6 Å². The SMILES string of the molecule is Cc1nc(Nc2ccc(NC(=O)Cc3cccc4ccccc34)cc2)cc(N2CCOCC2)n1. The fraction of sp³-hybridized carbons (Fsp3) is 0.222. The summed E-state index contributed by atoms with van der Waals surface area (Å²) in [5, 5.41) is 8.59. The first-order valence-corrected chi connectivity index (χ1v) is 11.5. The molecule has 0 unspecified atom stereocenters. The lowest BCUT2D eigenvalue weighted by Crippen LogP contribution is -2.36. The molecule has 1 aliphatic heterocycles. The number of anilines is 4. The second kappa shape index (κ2) is 9.89. The molecule has 0 bridgehead atoms. The van der Waals surface area contributed by atoms with Crippen LogP contribution in [-0.2, 0) is 16.0 Å². The van der Waals surface area contributed by atoms with E-state index < -0.39 is 0 Å². The zero-order valence-corrected chi connectivity index (χ0v) is 19.1. The van der Waals surface area contributed by atoms with Crippen molar-refractivity contribution in [1.82, 2.24) is 9.97 Å². The van der Waals surface area contributed by atoms with E-state index in [9.17, 15) is 4.79 Å². The van der Waals surface area contributed by atoms with Crippen LogP contribution in [0.4, 0.5) is 23.0 Å². The molecule has 7 nitrogen and oxygen atoms in total. The summed E-state index contributed by atoms with van der Waals surface area (Å²) in [5.74, 6) is 2.31. The number of morpholine rings is 1. The Morgan fingerprint density at radius 3 is 2.50 bits per heavy atom. The molecule has 1 saturated heterocycles. The highest BCUT2D eigenvalue weighted by Gasteiger charge is 2.14. The largest absolute Gasteiger partial charge is 0.378 e. The molecule has 1 aliphatic rings. The van der Waals surface area contributed by atoms with Gasteiger partial charge in [-0.15, -0.1) is 0 Å². The number of hydrogen-bond donors (Lipinski definition) is 2. The maximum Gasteiger partial charge on any atom is 0.228 e. The van der Waals surface area contributed by atoms with Crippen LogP contribution in [0.2, 0.25) is 0 Å². The maximum absolute atomic E-state index is 12.7. The van der Waals surface area contributed by atoms with Gasteiger partial charge in [0.2, 0.25) is 5.91 Å². The Labute approximate surface area is 198 Å². The number of hydrogen-bond acceptors (Lipinski definition) is 6. The number of carbonyl (C=O) groups excluding carboxylic acids is 1. The van der Waals surface area contributed by atoms with Crippen LogP contribution in [0, 0.1) is 6.92 Å². The fourth-order valence-corrected chi connectivity index (χ4v) is 4.18. The molecule has 1 amide bonds. The van der Waals surface area contributed by atoms with E-state index in [-0.39, 0.29) is 5.91 Å². The molecular weight excluding hydrogens is 426 g/mol. The Hall–Kier alpha value is -3.97. The minimum atomic E-state index is -0.0429. The molecule has 0 saturated carbocycles. The summed E-state index contributed by atoms with van der Waals surface area (Å²) in [6.07, 6.45) is 0.325. The quantitative estimate of drug-likeness (QED) is 0.441. The summed E-state index contributed by atoms with van der Waals surface area (Å²) in [5.41, 5.74) is 2.66. The van der Waals surface area contributed by atoms with Crippen molar-refractivity contribution in [3.63, 3.8) is 0 Å². The summed E-state index contributed by atoms with van der Waals surface area (Å²) < 4.78 is 5.44. The Morgan fingerprint density at radius 2 is 1.68 bits per heavy atom. The van der Waals surface area contributed by atoms with E-state index in [1.54, 1.807) is 0 Å². The first-order valence-electron chi connectivity index (χ1n) is 11.5. The van der Waals surface area contributed by atoms with Gasteiger partial charge in [-0.2, -0.15) is 0 Å². The van der Waals surface area contributed by atoms with E-state index in [1.165, 1.54) is 0 Å². The summed E-state index contributed by atoms with van der Waals surface area (Å²) in [4.78, 5) is 24.0. The molecule has 172 valence electrons. The highest BCUT2D eigenvalue weighted by Crippen LogP contribution is 2.23. The van der Waals surface area contributed by atoms with Crippen LogP contribution in [0.1, 0.15) is 11.4 Å². The van der Waals surface area contributed by atoms with Crippen LogP contribution in [-0.4, -0.2) is 42.2 Å². The molecule has 2 heterocycles. The van der Waals surface area contributed by atoms with Gasteiger partial charge >= 0.3 is 0 Å². The highest BCUT2D eigenvalue weighted by atomic mass is 16.5. The van der Waals surface area contributed by atoms with Gasteiger partial charge in [0.25, 0.3) is 0 Å². The third-order valence-electron chi connectivity index (χ3n) is 5.83. The lowest BCUT2D eigenvalue weighted by molar-refractivity contribution is -0.115. The fourth-order valence-electron chi connectivity index (χ4n) is 4.18. The number of nitrogens with one attached hydrogen (secondary N) is 2. The zero-order chi connectivity index (χ0) is 23.3. The Kier molecular flexibility index (Phi) is 6.35. The molecule has 0 spiro atoms. The van der Waals surface area contributed by atoms with Gasteiger partial charge in [-0.05, 0) is 47.5 Å². The second-order valence-electron chi connectivity index (χ2n) is 8.32. The summed E-state index contributed by atoms with van der Waals surface area (Å²) >= 11 is 0. The molecule has 3 aromatic carbocycles. The van der Waals surface area contributed by atoms with Gasteiger partial charge in [-0.1, -0.05) is 42.5 Å². The van der Waals surface area contributed by atoms with Crippen molar-refractivity contribution in [2.45, 2.75) is 13.3 Å². The van der Waals surface area contributed by atoms with Crippen LogP contribution >= 0.6 is 0 Å². The molecule has 0 radical (unpaired) electrons. The summed E-state index contributed by atoms with van der Waals surface area (Å²) in [6.45, 7) is 4.95. The van der Waals surface area contributed by atoms with Gasteiger partial charge in [0, 0.05) is 30.5 Å². The van der Waals surface area contributed by atoms with E-state index in [0.717, 1.165) is 52.4 Å². The Balaban J connectivity index is 1.23. The molecule has 1 aromatic heterocycles. The Bertz CT molecular complexity index is 1290. The number of benzene rings is 3. The summed E-state index contributed by atoms with van der Waals surface area (Å²) in [6, 6.07) is 23.8. The van der Waals surface area contributed by atoms with E-state index in [1.807, 2.05) is 61.5 Å². The van der Waals surface area contributed by atoms with Crippen molar-refractivity contribution in [2.24, 2.45) is 0 Å². The lowest BCUT2D eigenvalue weighted by atomic mass is 10.0. The molecule has 4 aromatic rings.